The van der Waals surface area contributed by atoms with Gasteiger partial charge in [-0.25, -0.2) is 13.8 Å². The molecule has 126 valence electrons. The summed E-state index contributed by atoms with van der Waals surface area (Å²) in [5.41, 5.74) is 1.70. The molecule has 0 bridgehead atoms. The third kappa shape index (κ3) is 2.91. The normalized spacial score (nSPS) is 10.7. The monoisotopic (exact) mass is 337 g/mol. The predicted molar refractivity (Wildman–Crippen MR) is 95.4 cm³/mol. The van der Waals surface area contributed by atoms with E-state index in [0.29, 0.717) is 16.7 Å². The van der Waals surface area contributed by atoms with E-state index in [1.807, 2.05) is 19.9 Å². The molecule has 1 heterocycles. The number of hydrogen-bond donors (Lipinski definition) is 0. The fourth-order valence-electron chi connectivity index (χ4n) is 3.03. The zero-order chi connectivity index (χ0) is 18.0. The van der Waals surface area contributed by atoms with Crippen molar-refractivity contribution in [3.05, 3.63) is 59.8 Å². The molecule has 0 amide bonds. The Kier molecular flexibility index (Phi) is 4.62. The minimum atomic E-state index is -0.907. The molecule has 0 saturated heterocycles. The van der Waals surface area contributed by atoms with Crippen molar-refractivity contribution in [2.75, 3.05) is 18.0 Å². The van der Waals surface area contributed by atoms with Crippen molar-refractivity contribution in [1.82, 2.24) is 4.98 Å². The quantitative estimate of drug-likeness (QED) is 0.680. The number of benzene rings is 2. The van der Waals surface area contributed by atoms with E-state index in [-0.39, 0.29) is 0 Å². The molecule has 0 saturated carbocycles. The first-order valence-corrected chi connectivity index (χ1v) is 8.12. The van der Waals surface area contributed by atoms with Crippen LogP contribution >= 0.6 is 0 Å². The van der Waals surface area contributed by atoms with E-state index < -0.39 is 11.6 Å². The highest BCUT2D eigenvalue weighted by molar-refractivity contribution is 6.04. The molecule has 0 fully saturated rings. The topological polar surface area (TPSA) is 39.9 Å². The first kappa shape index (κ1) is 16.8. The maximum absolute atomic E-state index is 13.7. The highest BCUT2D eigenvalue weighted by Gasteiger charge is 2.16. The van der Waals surface area contributed by atoms with Crippen molar-refractivity contribution in [3.63, 3.8) is 0 Å². The van der Waals surface area contributed by atoms with Gasteiger partial charge in [-0.1, -0.05) is 18.2 Å². The molecule has 0 radical (unpaired) electrons. The number of pyridine rings is 1. The van der Waals surface area contributed by atoms with Gasteiger partial charge in [-0.15, -0.1) is 0 Å². The first-order chi connectivity index (χ1) is 12.1. The van der Waals surface area contributed by atoms with Gasteiger partial charge in [0.15, 0.2) is 11.6 Å². The van der Waals surface area contributed by atoms with Gasteiger partial charge in [0.05, 0.1) is 11.6 Å². The molecular formula is C20H17F2N3. The van der Waals surface area contributed by atoms with Gasteiger partial charge < -0.3 is 4.90 Å². The van der Waals surface area contributed by atoms with E-state index in [2.05, 4.69) is 16.0 Å². The average molecular weight is 337 g/mol. The molecule has 0 aliphatic heterocycles. The summed E-state index contributed by atoms with van der Waals surface area (Å²) in [6.07, 6.45) is 1.66. The summed E-state index contributed by atoms with van der Waals surface area (Å²) >= 11 is 0. The Balaban J connectivity index is 2.35. The maximum atomic E-state index is 13.7. The van der Waals surface area contributed by atoms with Gasteiger partial charge in [-0.3, -0.25) is 0 Å². The Labute approximate surface area is 145 Å². The summed E-state index contributed by atoms with van der Waals surface area (Å²) in [5, 5.41) is 11.0. The second kappa shape index (κ2) is 6.86. The second-order valence-corrected chi connectivity index (χ2v) is 5.64. The number of nitriles is 1. The molecule has 0 atom stereocenters. The van der Waals surface area contributed by atoms with Gasteiger partial charge in [-0.05, 0) is 43.0 Å². The SMILES string of the molecule is CCN(CC)c1ncc(-c2ccc(F)c(F)c2)c2cccc(C#N)c12. The zero-order valence-corrected chi connectivity index (χ0v) is 14.1. The van der Waals surface area contributed by atoms with Gasteiger partial charge in [0.25, 0.3) is 0 Å². The number of halogens is 2. The van der Waals surface area contributed by atoms with E-state index in [9.17, 15) is 14.0 Å². The minimum Gasteiger partial charge on any atom is -0.357 e. The van der Waals surface area contributed by atoms with Crippen molar-refractivity contribution in [2.24, 2.45) is 0 Å². The first-order valence-electron chi connectivity index (χ1n) is 8.12. The summed E-state index contributed by atoms with van der Waals surface area (Å²) in [4.78, 5) is 6.61. The fourth-order valence-corrected chi connectivity index (χ4v) is 3.03. The molecule has 0 unspecified atom stereocenters. The lowest BCUT2D eigenvalue weighted by atomic mass is 9.97. The van der Waals surface area contributed by atoms with Gasteiger partial charge in [0.2, 0.25) is 0 Å². The van der Waals surface area contributed by atoms with Crippen LogP contribution in [0, 0.1) is 23.0 Å². The van der Waals surface area contributed by atoms with Crippen molar-refractivity contribution in [1.29, 1.82) is 5.26 Å². The minimum absolute atomic E-state index is 0.510. The van der Waals surface area contributed by atoms with Crippen LogP contribution in [-0.2, 0) is 0 Å². The van der Waals surface area contributed by atoms with E-state index >= 15 is 0 Å². The largest absolute Gasteiger partial charge is 0.357 e. The number of anilines is 1. The molecule has 0 aliphatic rings. The van der Waals surface area contributed by atoms with Crippen molar-refractivity contribution >= 4 is 16.6 Å². The summed E-state index contributed by atoms with van der Waals surface area (Å²) in [5.74, 6) is -1.07. The van der Waals surface area contributed by atoms with E-state index in [1.165, 1.54) is 6.07 Å². The lowest BCUT2D eigenvalue weighted by Gasteiger charge is -2.23. The van der Waals surface area contributed by atoms with Crippen molar-refractivity contribution < 1.29 is 8.78 Å². The molecule has 3 rings (SSSR count). The van der Waals surface area contributed by atoms with E-state index in [1.54, 1.807) is 18.3 Å². The average Bonchev–Trinajstić information content (AvgIpc) is 2.64. The number of nitrogens with zero attached hydrogens (tertiary/aromatic N) is 3. The molecular weight excluding hydrogens is 320 g/mol. The van der Waals surface area contributed by atoms with Gasteiger partial charge in [-0.2, -0.15) is 5.26 Å². The molecule has 0 N–H and O–H groups in total. The van der Waals surface area contributed by atoms with Gasteiger partial charge in [0, 0.05) is 30.2 Å². The zero-order valence-electron chi connectivity index (χ0n) is 14.1. The highest BCUT2D eigenvalue weighted by atomic mass is 19.2. The number of fused-ring (bicyclic) bond motifs is 1. The van der Waals surface area contributed by atoms with E-state index in [4.69, 9.17) is 0 Å². The van der Waals surface area contributed by atoms with Crippen molar-refractivity contribution in [3.8, 4) is 17.2 Å². The van der Waals surface area contributed by atoms with Crippen LogP contribution in [0.1, 0.15) is 19.4 Å². The lowest BCUT2D eigenvalue weighted by molar-refractivity contribution is 0.509. The fraction of sp³-hybridized carbons (Fsp3) is 0.200. The number of aromatic nitrogens is 1. The van der Waals surface area contributed by atoms with Crippen LogP contribution in [0.2, 0.25) is 0 Å². The molecule has 0 aliphatic carbocycles. The summed E-state index contributed by atoms with van der Waals surface area (Å²) in [7, 11) is 0. The maximum Gasteiger partial charge on any atom is 0.159 e. The molecule has 3 aromatic rings. The van der Waals surface area contributed by atoms with Crippen LogP contribution in [0.3, 0.4) is 0 Å². The van der Waals surface area contributed by atoms with Gasteiger partial charge in [0.1, 0.15) is 5.82 Å². The molecule has 0 spiro atoms. The Morgan fingerprint density at radius 1 is 1.08 bits per heavy atom. The van der Waals surface area contributed by atoms with E-state index in [0.717, 1.165) is 41.8 Å². The highest BCUT2D eigenvalue weighted by Crippen LogP contribution is 2.35. The Morgan fingerprint density at radius 2 is 1.84 bits per heavy atom. The summed E-state index contributed by atoms with van der Waals surface area (Å²) in [6.45, 7) is 5.55. The standard InChI is InChI=1S/C20H17F2N3/c1-3-25(4-2)20-19-14(11-23)6-5-7-15(19)16(12-24-20)13-8-9-17(21)18(22)10-13/h5-10,12H,3-4H2,1-2H3. The molecule has 3 nitrogen and oxygen atoms in total. The molecule has 1 aromatic heterocycles. The summed E-state index contributed by atoms with van der Waals surface area (Å²) < 4.78 is 26.9. The van der Waals surface area contributed by atoms with Crippen LogP contribution in [0.5, 0.6) is 0 Å². The third-order valence-electron chi connectivity index (χ3n) is 4.31. The third-order valence-corrected chi connectivity index (χ3v) is 4.31. The smallest absolute Gasteiger partial charge is 0.159 e. The van der Waals surface area contributed by atoms with Crippen molar-refractivity contribution in [2.45, 2.75) is 13.8 Å². The lowest BCUT2D eigenvalue weighted by Crippen LogP contribution is -2.23. The molecule has 25 heavy (non-hydrogen) atoms. The molecule has 5 heteroatoms. The number of rotatable bonds is 4. The number of hydrogen-bond acceptors (Lipinski definition) is 3. The predicted octanol–water partition coefficient (Wildman–Crippen LogP) is 4.90. The Bertz CT molecular complexity index is 973. The van der Waals surface area contributed by atoms with Crippen LogP contribution in [0.25, 0.3) is 21.9 Å². The molecule has 2 aromatic carbocycles. The van der Waals surface area contributed by atoms with Crippen LogP contribution in [0.4, 0.5) is 14.6 Å². The van der Waals surface area contributed by atoms with Crippen LogP contribution in [-0.4, -0.2) is 18.1 Å². The Hall–Kier alpha value is -3.00. The van der Waals surface area contributed by atoms with Gasteiger partial charge >= 0.3 is 0 Å². The second-order valence-electron chi connectivity index (χ2n) is 5.64. The van der Waals surface area contributed by atoms with Crippen LogP contribution in [0.15, 0.2) is 42.6 Å². The Morgan fingerprint density at radius 3 is 2.48 bits per heavy atom. The van der Waals surface area contributed by atoms with Crippen LogP contribution < -0.4 is 4.90 Å². The summed E-state index contributed by atoms with van der Waals surface area (Å²) in [6, 6.07) is 11.4.